The van der Waals surface area contributed by atoms with E-state index < -0.39 is 6.10 Å². The fourth-order valence-electron chi connectivity index (χ4n) is 6.71. The number of ether oxygens (including phenoxy) is 3. The molecular formula is C56H92O6. The summed E-state index contributed by atoms with van der Waals surface area (Å²) < 4.78 is 16.7. The van der Waals surface area contributed by atoms with Crippen molar-refractivity contribution in [1.29, 1.82) is 0 Å². The number of hydrogen-bond donors (Lipinski definition) is 0. The summed E-state index contributed by atoms with van der Waals surface area (Å²) in [5.41, 5.74) is 0. The van der Waals surface area contributed by atoms with E-state index in [1.165, 1.54) is 77.0 Å². The van der Waals surface area contributed by atoms with Crippen molar-refractivity contribution in [3.05, 3.63) is 97.2 Å². The number of unbranched alkanes of at least 4 members (excludes halogenated alkanes) is 21. The molecule has 6 nitrogen and oxygen atoms in total. The molecule has 0 rings (SSSR count). The van der Waals surface area contributed by atoms with Gasteiger partial charge in [-0.05, 0) is 70.6 Å². The van der Waals surface area contributed by atoms with Crippen molar-refractivity contribution in [2.45, 2.75) is 226 Å². The highest BCUT2D eigenvalue weighted by atomic mass is 16.6. The second-order valence-electron chi connectivity index (χ2n) is 16.4. The van der Waals surface area contributed by atoms with Gasteiger partial charge in [-0.3, -0.25) is 14.4 Å². The second kappa shape index (κ2) is 50.0. The van der Waals surface area contributed by atoms with E-state index in [1.54, 1.807) is 0 Å². The van der Waals surface area contributed by atoms with Crippen LogP contribution in [0, 0.1) is 0 Å². The molecule has 0 fully saturated rings. The Hall–Kier alpha value is -3.67. The van der Waals surface area contributed by atoms with E-state index >= 15 is 0 Å². The Bertz CT molecular complexity index is 1260. The molecule has 352 valence electrons. The van der Waals surface area contributed by atoms with Gasteiger partial charge in [0.25, 0.3) is 0 Å². The van der Waals surface area contributed by atoms with Gasteiger partial charge in [0.15, 0.2) is 6.10 Å². The molecule has 0 amide bonds. The zero-order valence-corrected chi connectivity index (χ0v) is 40.1. The van der Waals surface area contributed by atoms with E-state index in [0.717, 1.165) is 103 Å². The van der Waals surface area contributed by atoms with Crippen LogP contribution in [0.15, 0.2) is 97.2 Å². The lowest BCUT2D eigenvalue weighted by Crippen LogP contribution is -2.30. The summed E-state index contributed by atoms with van der Waals surface area (Å²) in [6.45, 7) is 6.32. The van der Waals surface area contributed by atoms with Crippen LogP contribution in [0.5, 0.6) is 0 Å². The molecule has 0 aromatic rings. The molecule has 0 aliphatic carbocycles. The first-order valence-corrected chi connectivity index (χ1v) is 25.3. The Labute approximate surface area is 381 Å². The quantitative estimate of drug-likeness (QED) is 0.0200. The minimum absolute atomic E-state index is 0.103. The lowest BCUT2D eigenvalue weighted by molar-refractivity contribution is -0.167. The molecule has 1 atom stereocenters. The fraction of sp³-hybridized carbons (Fsp3) is 0.661. The number of esters is 3. The first-order chi connectivity index (χ1) is 30.5. The highest BCUT2D eigenvalue weighted by molar-refractivity contribution is 5.71. The molecule has 0 saturated carbocycles. The smallest absolute Gasteiger partial charge is 0.306 e. The molecule has 0 spiro atoms. The maximum Gasteiger partial charge on any atom is 0.306 e. The van der Waals surface area contributed by atoms with Crippen molar-refractivity contribution in [3.63, 3.8) is 0 Å². The van der Waals surface area contributed by atoms with Crippen LogP contribution in [0.25, 0.3) is 0 Å². The van der Waals surface area contributed by atoms with Gasteiger partial charge in [-0.15, -0.1) is 0 Å². The molecule has 0 aliphatic rings. The molecule has 0 aromatic carbocycles. The van der Waals surface area contributed by atoms with Gasteiger partial charge in [-0.2, -0.15) is 0 Å². The molecule has 0 aromatic heterocycles. The zero-order chi connectivity index (χ0) is 45.1. The predicted molar refractivity (Wildman–Crippen MR) is 265 cm³/mol. The first kappa shape index (κ1) is 58.3. The molecule has 0 N–H and O–H groups in total. The van der Waals surface area contributed by atoms with E-state index in [4.69, 9.17) is 14.2 Å². The minimum Gasteiger partial charge on any atom is -0.462 e. The maximum absolute atomic E-state index is 12.8. The van der Waals surface area contributed by atoms with Gasteiger partial charge >= 0.3 is 17.9 Å². The normalized spacial score (nSPS) is 12.9. The second-order valence-corrected chi connectivity index (χ2v) is 16.4. The lowest BCUT2D eigenvalue weighted by Gasteiger charge is -2.18. The Morgan fingerprint density at radius 3 is 1.19 bits per heavy atom. The van der Waals surface area contributed by atoms with Crippen LogP contribution >= 0.6 is 0 Å². The summed E-state index contributed by atoms with van der Waals surface area (Å²) in [5, 5.41) is 0. The van der Waals surface area contributed by atoms with Crippen molar-refractivity contribution >= 4 is 17.9 Å². The fourth-order valence-corrected chi connectivity index (χ4v) is 6.71. The third-order valence-electron chi connectivity index (χ3n) is 10.5. The molecule has 0 heterocycles. The molecule has 1 unspecified atom stereocenters. The van der Waals surface area contributed by atoms with Crippen LogP contribution in [0.3, 0.4) is 0 Å². The zero-order valence-electron chi connectivity index (χ0n) is 40.1. The van der Waals surface area contributed by atoms with E-state index in [0.29, 0.717) is 19.3 Å². The summed E-state index contributed by atoms with van der Waals surface area (Å²) in [6, 6.07) is 0. The van der Waals surface area contributed by atoms with Crippen LogP contribution in [0.2, 0.25) is 0 Å². The van der Waals surface area contributed by atoms with Crippen LogP contribution in [0.1, 0.15) is 220 Å². The predicted octanol–water partition coefficient (Wildman–Crippen LogP) is 16.6. The Morgan fingerprint density at radius 2 is 0.710 bits per heavy atom. The van der Waals surface area contributed by atoms with Crippen molar-refractivity contribution in [1.82, 2.24) is 0 Å². The summed E-state index contributed by atoms with van der Waals surface area (Å²) in [5.74, 6) is -0.967. The van der Waals surface area contributed by atoms with Gasteiger partial charge in [-0.25, -0.2) is 0 Å². The van der Waals surface area contributed by atoms with Crippen molar-refractivity contribution in [2.24, 2.45) is 0 Å². The van der Waals surface area contributed by atoms with Crippen LogP contribution in [0.4, 0.5) is 0 Å². The summed E-state index contributed by atoms with van der Waals surface area (Å²) in [7, 11) is 0. The summed E-state index contributed by atoms with van der Waals surface area (Å²) >= 11 is 0. The molecule has 0 radical (unpaired) electrons. The molecule has 0 aliphatic heterocycles. The summed E-state index contributed by atoms with van der Waals surface area (Å²) in [6.07, 6.45) is 65.3. The van der Waals surface area contributed by atoms with E-state index in [-0.39, 0.29) is 31.1 Å². The maximum atomic E-state index is 12.8. The van der Waals surface area contributed by atoms with Crippen molar-refractivity contribution < 1.29 is 28.6 Å². The van der Waals surface area contributed by atoms with Gasteiger partial charge in [0.2, 0.25) is 0 Å². The number of hydrogen-bond acceptors (Lipinski definition) is 6. The van der Waals surface area contributed by atoms with Crippen molar-refractivity contribution in [2.75, 3.05) is 13.2 Å². The van der Waals surface area contributed by atoms with E-state index in [9.17, 15) is 14.4 Å². The van der Waals surface area contributed by atoms with Gasteiger partial charge in [0, 0.05) is 19.3 Å². The van der Waals surface area contributed by atoms with Crippen molar-refractivity contribution in [3.8, 4) is 0 Å². The minimum atomic E-state index is -0.803. The summed E-state index contributed by atoms with van der Waals surface area (Å²) in [4.78, 5) is 37.9. The average Bonchev–Trinajstić information content (AvgIpc) is 3.27. The highest BCUT2D eigenvalue weighted by Crippen LogP contribution is 2.15. The topological polar surface area (TPSA) is 78.9 Å². The monoisotopic (exact) mass is 861 g/mol. The largest absolute Gasteiger partial charge is 0.462 e. The molecule has 62 heavy (non-hydrogen) atoms. The Kier molecular flexibility index (Phi) is 47.0. The molecule has 0 bridgehead atoms. The lowest BCUT2D eigenvalue weighted by atomic mass is 10.0. The van der Waals surface area contributed by atoms with Crippen LogP contribution < -0.4 is 0 Å². The van der Waals surface area contributed by atoms with Crippen LogP contribution in [-0.4, -0.2) is 37.2 Å². The number of carbonyl (C=O) groups excluding carboxylic acids is 3. The number of allylic oxidation sites excluding steroid dienone is 16. The van der Waals surface area contributed by atoms with E-state index in [1.807, 2.05) is 48.6 Å². The number of rotatable bonds is 44. The van der Waals surface area contributed by atoms with Gasteiger partial charge in [0.1, 0.15) is 13.2 Å². The standard InChI is InChI=1S/C56H92O6/c1-4-7-10-13-16-19-22-25-28-31-34-37-40-43-46-49-55(58)61-52-53(51-60-54(57)48-45-42-39-36-33-30-27-24-21-18-15-12-9-6-3)62-56(59)50-47-44-41-38-35-32-29-26-23-20-17-14-11-8-5-2/h7,9-10,12-13,16,18-19,21-22,25,27-28,30-31,34,53H,4-6,8,11,14-15,17,20,23-24,26,29,32-33,35-52H2,1-3H3/b10-7-,12-9-,16-13-,21-18-,22-19-,28-25-,30-27-,34-31-. The van der Waals surface area contributed by atoms with Gasteiger partial charge in [-0.1, -0.05) is 227 Å². The first-order valence-electron chi connectivity index (χ1n) is 25.3. The van der Waals surface area contributed by atoms with E-state index in [2.05, 4.69) is 69.4 Å². The Balaban J connectivity index is 4.50. The third kappa shape index (κ3) is 47.4. The SMILES string of the molecule is CC\C=C/C=C\C=C/C=C\C=C/CCCCCC(=O)OCC(COC(=O)CCCCCC/C=C\C/C=C\C/C=C\CC)OC(=O)CCCCCCCCCCCCCCCCC. The average molecular weight is 861 g/mol. The third-order valence-corrected chi connectivity index (χ3v) is 10.5. The number of carbonyl (C=O) groups is 3. The van der Waals surface area contributed by atoms with Crippen LogP contribution in [-0.2, 0) is 28.6 Å². The van der Waals surface area contributed by atoms with Gasteiger partial charge < -0.3 is 14.2 Å². The molecule has 6 heteroatoms. The Morgan fingerprint density at radius 1 is 0.355 bits per heavy atom. The highest BCUT2D eigenvalue weighted by Gasteiger charge is 2.19. The molecular weight excluding hydrogens is 769 g/mol. The molecule has 0 saturated heterocycles. The van der Waals surface area contributed by atoms with Gasteiger partial charge in [0.05, 0.1) is 0 Å².